The first-order valence-electron chi connectivity index (χ1n) is 15.6. The summed E-state index contributed by atoms with van der Waals surface area (Å²) in [5.41, 5.74) is 4.99. The van der Waals surface area contributed by atoms with Crippen LogP contribution < -0.4 is 0 Å². The number of hydrogen-bond donors (Lipinski definition) is 0. The average Bonchev–Trinajstić information content (AvgIpc) is 3.53. The largest absolute Gasteiger partial charge is 0.454 e. The summed E-state index contributed by atoms with van der Waals surface area (Å²) in [6, 6.07) is 48.3. The first-order valence-corrected chi connectivity index (χ1v) is 15.6. The maximum absolute atomic E-state index is 6.20. The summed E-state index contributed by atoms with van der Waals surface area (Å²) in [6.45, 7) is 0. The molecule has 0 spiro atoms. The summed E-state index contributed by atoms with van der Waals surface area (Å²) >= 11 is 0. The van der Waals surface area contributed by atoms with E-state index in [2.05, 4.69) is 114 Å². The minimum absolute atomic E-state index is 0.569. The highest BCUT2D eigenvalue weighted by atomic mass is 16.3. The number of nitrogens with zero attached hydrogens (tertiary/aromatic N) is 4. The van der Waals surface area contributed by atoms with Gasteiger partial charge in [-0.05, 0) is 62.0 Å². The van der Waals surface area contributed by atoms with Crippen molar-refractivity contribution in [1.29, 1.82) is 0 Å². The molecule has 0 aliphatic carbocycles. The lowest BCUT2D eigenvalue weighted by Crippen LogP contribution is -2.01. The highest BCUT2D eigenvalue weighted by molar-refractivity contribution is 6.20. The molecule has 0 bridgehead atoms. The molecule has 0 unspecified atom stereocenters. The number of pyridine rings is 1. The molecule has 0 N–H and O–H groups in total. The molecule has 0 aliphatic rings. The van der Waals surface area contributed by atoms with E-state index in [1.807, 2.05) is 30.3 Å². The van der Waals surface area contributed by atoms with Gasteiger partial charge >= 0.3 is 0 Å². The fraction of sp³-hybridized carbons (Fsp3) is 0. The molecule has 3 aromatic heterocycles. The monoisotopic (exact) mass is 600 g/mol. The van der Waals surface area contributed by atoms with Gasteiger partial charge in [-0.15, -0.1) is 0 Å². The summed E-state index contributed by atoms with van der Waals surface area (Å²) in [5, 5.41) is 10.2. The number of hydrogen-bond acceptors (Lipinski definition) is 5. The summed E-state index contributed by atoms with van der Waals surface area (Å²) in [5.74, 6) is 1.79. The molecule has 0 radical (unpaired) electrons. The zero-order valence-electron chi connectivity index (χ0n) is 25.1. The predicted octanol–water partition coefficient (Wildman–Crippen LogP) is 10.8. The van der Waals surface area contributed by atoms with E-state index in [0.29, 0.717) is 17.5 Å². The van der Waals surface area contributed by atoms with Crippen LogP contribution in [-0.4, -0.2) is 19.9 Å². The average molecular weight is 601 g/mol. The number of fused-ring (bicyclic) bond motifs is 9. The van der Waals surface area contributed by atoms with Crippen molar-refractivity contribution in [2.45, 2.75) is 0 Å². The quantitative estimate of drug-likeness (QED) is 0.189. The van der Waals surface area contributed by atoms with Crippen molar-refractivity contribution in [3.8, 4) is 34.2 Å². The van der Waals surface area contributed by atoms with Crippen LogP contribution in [0.15, 0.2) is 150 Å². The fourth-order valence-electron chi connectivity index (χ4n) is 6.96. The van der Waals surface area contributed by atoms with Crippen molar-refractivity contribution in [1.82, 2.24) is 19.9 Å². The molecule has 0 saturated heterocycles. The van der Waals surface area contributed by atoms with Crippen molar-refractivity contribution < 1.29 is 4.42 Å². The molecule has 10 aromatic rings. The zero-order chi connectivity index (χ0) is 30.9. The van der Waals surface area contributed by atoms with Crippen LogP contribution in [0, 0.1) is 0 Å². The van der Waals surface area contributed by atoms with Crippen molar-refractivity contribution in [2.24, 2.45) is 0 Å². The lowest BCUT2D eigenvalue weighted by Gasteiger charge is -2.13. The molecule has 0 fully saturated rings. The van der Waals surface area contributed by atoms with E-state index >= 15 is 0 Å². The molecule has 7 aromatic carbocycles. The second-order valence-electron chi connectivity index (χ2n) is 11.9. The Balaban J connectivity index is 1.29. The molecular formula is C42H24N4O. The maximum atomic E-state index is 6.20. The van der Waals surface area contributed by atoms with Gasteiger partial charge < -0.3 is 4.42 Å². The molecule has 10 rings (SSSR count). The van der Waals surface area contributed by atoms with Gasteiger partial charge in [-0.1, -0.05) is 115 Å². The van der Waals surface area contributed by atoms with E-state index in [-0.39, 0.29) is 0 Å². The van der Waals surface area contributed by atoms with Gasteiger partial charge in [0, 0.05) is 28.3 Å². The third-order valence-corrected chi connectivity index (χ3v) is 9.14. The van der Waals surface area contributed by atoms with Crippen LogP contribution in [0.4, 0.5) is 0 Å². The summed E-state index contributed by atoms with van der Waals surface area (Å²) < 4.78 is 6.20. The Labute approximate surface area is 268 Å². The van der Waals surface area contributed by atoms with E-state index < -0.39 is 0 Å². The maximum Gasteiger partial charge on any atom is 0.164 e. The molecule has 0 aliphatic heterocycles. The predicted molar refractivity (Wildman–Crippen MR) is 191 cm³/mol. The van der Waals surface area contributed by atoms with Crippen molar-refractivity contribution in [3.05, 3.63) is 146 Å². The fourth-order valence-corrected chi connectivity index (χ4v) is 6.96. The topological polar surface area (TPSA) is 64.7 Å². The lowest BCUT2D eigenvalue weighted by molar-refractivity contribution is 0.668. The molecule has 5 nitrogen and oxygen atoms in total. The van der Waals surface area contributed by atoms with E-state index in [4.69, 9.17) is 19.4 Å². The van der Waals surface area contributed by atoms with Crippen LogP contribution in [0.1, 0.15) is 0 Å². The van der Waals surface area contributed by atoms with Crippen LogP contribution in [0.5, 0.6) is 0 Å². The van der Waals surface area contributed by atoms with Crippen LogP contribution >= 0.6 is 0 Å². The Morgan fingerprint density at radius 1 is 0.404 bits per heavy atom. The number of rotatable bonds is 3. The Kier molecular flexibility index (Phi) is 5.51. The smallest absolute Gasteiger partial charge is 0.164 e. The Morgan fingerprint density at radius 2 is 1.06 bits per heavy atom. The van der Waals surface area contributed by atoms with Crippen LogP contribution in [0.3, 0.4) is 0 Å². The van der Waals surface area contributed by atoms with E-state index in [1.54, 1.807) is 6.20 Å². The normalized spacial score (nSPS) is 11.8. The molecule has 0 amide bonds. The molecule has 0 atom stereocenters. The van der Waals surface area contributed by atoms with Crippen LogP contribution in [-0.2, 0) is 0 Å². The molecule has 5 heteroatoms. The highest BCUT2D eigenvalue weighted by Gasteiger charge is 2.20. The summed E-state index contributed by atoms with van der Waals surface area (Å²) in [6.07, 6.45) is 1.79. The van der Waals surface area contributed by atoms with Crippen LogP contribution in [0.2, 0.25) is 0 Å². The minimum Gasteiger partial charge on any atom is -0.454 e. The molecule has 0 saturated carbocycles. The van der Waals surface area contributed by atoms with Gasteiger partial charge in [0.2, 0.25) is 0 Å². The van der Waals surface area contributed by atoms with Gasteiger partial charge in [-0.2, -0.15) is 0 Å². The number of furan rings is 1. The molecule has 3 heterocycles. The third kappa shape index (κ3) is 4.03. The molecular weight excluding hydrogens is 576 g/mol. The Bertz CT molecular complexity index is 2870. The first kappa shape index (κ1) is 25.8. The Hall–Kier alpha value is -6.46. The number of aromatic nitrogens is 4. The van der Waals surface area contributed by atoms with Gasteiger partial charge in [0.25, 0.3) is 0 Å². The first-order chi connectivity index (χ1) is 23.3. The molecule has 47 heavy (non-hydrogen) atoms. The summed E-state index contributed by atoms with van der Waals surface area (Å²) in [4.78, 5) is 20.2. The number of benzene rings is 7. The van der Waals surface area contributed by atoms with E-state index in [9.17, 15) is 0 Å². The SMILES string of the molecule is c1ccc2cc(-c3nc(-c4cccc5ccc6c7ccccc7ccc6c45)nc(-c4cccc5oc6cccnc6c45)n3)ccc2c1. The molecule has 218 valence electrons. The standard InChI is InChI=1S/C42H24N4O/c1-2-10-28-24-29(18-17-25(28)8-1)40-44-41(46-42(45-40)34-14-6-15-35-38(34)39-36(47-35)16-7-23-43-39)33-13-5-11-27-20-21-31-30-12-4-3-9-26(30)19-22-32(31)37(27)33/h1-24H. The summed E-state index contributed by atoms with van der Waals surface area (Å²) in [7, 11) is 0. The van der Waals surface area contributed by atoms with Gasteiger partial charge in [0.15, 0.2) is 23.1 Å². The highest BCUT2D eigenvalue weighted by Crippen LogP contribution is 2.39. The second-order valence-corrected chi connectivity index (χ2v) is 11.9. The van der Waals surface area contributed by atoms with Crippen molar-refractivity contribution >= 4 is 65.2 Å². The van der Waals surface area contributed by atoms with Gasteiger partial charge in [-0.3, -0.25) is 4.98 Å². The van der Waals surface area contributed by atoms with Gasteiger partial charge in [-0.25, -0.2) is 15.0 Å². The van der Waals surface area contributed by atoms with Crippen molar-refractivity contribution in [2.75, 3.05) is 0 Å². The van der Waals surface area contributed by atoms with Crippen molar-refractivity contribution in [3.63, 3.8) is 0 Å². The van der Waals surface area contributed by atoms with Crippen LogP contribution in [0.25, 0.3) is 99.3 Å². The third-order valence-electron chi connectivity index (χ3n) is 9.14. The minimum atomic E-state index is 0.569. The van der Waals surface area contributed by atoms with Gasteiger partial charge in [0.1, 0.15) is 11.1 Å². The second kappa shape index (κ2) is 10.0. The van der Waals surface area contributed by atoms with E-state index in [1.165, 1.54) is 21.5 Å². The van der Waals surface area contributed by atoms with E-state index in [0.717, 1.165) is 60.3 Å². The van der Waals surface area contributed by atoms with Gasteiger partial charge in [0.05, 0.1) is 5.39 Å². The zero-order valence-corrected chi connectivity index (χ0v) is 25.1. The lowest BCUT2D eigenvalue weighted by atomic mass is 9.94. The Morgan fingerprint density at radius 3 is 1.96 bits per heavy atom.